The van der Waals surface area contributed by atoms with Crippen LogP contribution in [0, 0.1) is 29.6 Å². The van der Waals surface area contributed by atoms with Crippen LogP contribution >= 0.6 is 0 Å². The Kier molecular flexibility index (Phi) is 2.61. The Morgan fingerprint density at radius 1 is 1.22 bits per heavy atom. The maximum Gasteiger partial charge on any atom is 0.309 e. The lowest BCUT2D eigenvalue weighted by molar-refractivity contribution is -0.146. The first-order valence-corrected chi connectivity index (χ1v) is 6.91. The van der Waals surface area contributed by atoms with Gasteiger partial charge in [-0.25, -0.2) is 0 Å². The first-order valence-electron chi connectivity index (χ1n) is 6.91. The van der Waals surface area contributed by atoms with Crippen LogP contribution in [0.1, 0.15) is 33.1 Å². The largest absolute Gasteiger partial charge is 0.461 e. The molecule has 3 fully saturated rings. The van der Waals surface area contributed by atoms with Crippen LogP contribution in [0.4, 0.5) is 0 Å². The topological polar surface area (TPSA) is 43.4 Å². The van der Waals surface area contributed by atoms with E-state index in [0.717, 1.165) is 12.8 Å². The SMILES string of the molecule is C=C1CCC2C(C)C(=O)OC2C2C(C)C(=O)CC12. The predicted octanol–water partition coefficient (Wildman–Crippen LogP) is 2.36. The third-order valence-electron chi connectivity index (χ3n) is 5.36. The van der Waals surface area contributed by atoms with E-state index < -0.39 is 0 Å². The second-order valence-electron chi connectivity index (χ2n) is 6.19. The van der Waals surface area contributed by atoms with Gasteiger partial charge in [-0.05, 0) is 18.8 Å². The first kappa shape index (κ1) is 11.9. The fourth-order valence-corrected chi connectivity index (χ4v) is 4.14. The average Bonchev–Trinajstić information content (AvgIpc) is 2.72. The molecule has 1 saturated heterocycles. The minimum absolute atomic E-state index is 0.00968. The minimum atomic E-state index is -0.0807. The van der Waals surface area contributed by atoms with Crippen LogP contribution in [0.25, 0.3) is 0 Å². The maximum atomic E-state index is 12.0. The van der Waals surface area contributed by atoms with E-state index in [4.69, 9.17) is 4.74 Å². The normalized spacial score (nSPS) is 47.6. The molecule has 0 N–H and O–H groups in total. The Hall–Kier alpha value is -1.12. The van der Waals surface area contributed by atoms with Crippen LogP contribution in [-0.2, 0) is 14.3 Å². The molecule has 0 radical (unpaired) electrons. The standard InChI is InChI=1S/C15H20O3/c1-7-4-5-10-8(2)15(17)18-14(10)13-9(3)12(16)6-11(7)13/h8-11,13-14H,1,4-6H2,2-3H3. The van der Waals surface area contributed by atoms with Gasteiger partial charge in [0.15, 0.2) is 0 Å². The molecule has 3 aliphatic rings. The molecule has 3 heteroatoms. The zero-order valence-corrected chi connectivity index (χ0v) is 11.0. The van der Waals surface area contributed by atoms with Crippen molar-refractivity contribution < 1.29 is 14.3 Å². The molecule has 6 atom stereocenters. The van der Waals surface area contributed by atoms with E-state index in [1.54, 1.807) is 0 Å². The zero-order valence-electron chi connectivity index (χ0n) is 11.0. The summed E-state index contributed by atoms with van der Waals surface area (Å²) in [5.74, 6) is 0.898. The Bertz CT molecular complexity index is 425. The van der Waals surface area contributed by atoms with E-state index in [9.17, 15) is 9.59 Å². The van der Waals surface area contributed by atoms with E-state index in [-0.39, 0.29) is 41.7 Å². The number of carbonyl (C=O) groups is 2. The molecular formula is C15H20O3. The number of fused-ring (bicyclic) bond motifs is 3. The fourth-order valence-electron chi connectivity index (χ4n) is 4.14. The molecule has 0 bridgehead atoms. The van der Waals surface area contributed by atoms with Gasteiger partial charge in [-0.3, -0.25) is 9.59 Å². The summed E-state index contributed by atoms with van der Waals surface area (Å²) in [4.78, 5) is 23.7. The number of ether oxygens (including phenoxy) is 1. The molecule has 0 aromatic heterocycles. The fraction of sp³-hybridized carbons (Fsp3) is 0.733. The lowest BCUT2D eigenvalue weighted by Crippen LogP contribution is -2.32. The number of ketones is 1. The summed E-state index contributed by atoms with van der Waals surface area (Å²) in [5.41, 5.74) is 1.19. The molecule has 0 aromatic rings. The molecular weight excluding hydrogens is 228 g/mol. The van der Waals surface area contributed by atoms with Crippen LogP contribution < -0.4 is 0 Å². The molecule has 98 valence electrons. The highest BCUT2D eigenvalue weighted by molar-refractivity contribution is 5.84. The molecule has 2 aliphatic carbocycles. The minimum Gasteiger partial charge on any atom is -0.461 e. The Morgan fingerprint density at radius 2 is 1.94 bits per heavy atom. The molecule has 1 heterocycles. The highest BCUT2D eigenvalue weighted by Crippen LogP contribution is 2.51. The molecule has 18 heavy (non-hydrogen) atoms. The number of rotatable bonds is 0. The van der Waals surface area contributed by atoms with Crippen molar-refractivity contribution in [3.8, 4) is 0 Å². The molecule has 3 rings (SSSR count). The molecule has 2 saturated carbocycles. The van der Waals surface area contributed by atoms with E-state index in [2.05, 4.69) is 6.58 Å². The van der Waals surface area contributed by atoms with E-state index in [1.165, 1.54) is 5.57 Å². The van der Waals surface area contributed by atoms with Crippen molar-refractivity contribution in [2.24, 2.45) is 29.6 Å². The van der Waals surface area contributed by atoms with Crippen molar-refractivity contribution in [2.45, 2.75) is 39.2 Å². The number of esters is 1. The Morgan fingerprint density at radius 3 is 2.67 bits per heavy atom. The number of hydrogen-bond donors (Lipinski definition) is 0. The lowest BCUT2D eigenvalue weighted by atomic mass is 9.78. The van der Waals surface area contributed by atoms with Gasteiger partial charge in [0.25, 0.3) is 0 Å². The molecule has 0 amide bonds. The van der Waals surface area contributed by atoms with Gasteiger partial charge >= 0.3 is 5.97 Å². The number of allylic oxidation sites excluding steroid dienone is 1. The van der Waals surface area contributed by atoms with Gasteiger partial charge in [0.05, 0.1) is 5.92 Å². The molecule has 0 aromatic carbocycles. The summed E-state index contributed by atoms with van der Waals surface area (Å²) < 4.78 is 5.61. The van der Waals surface area contributed by atoms with Crippen molar-refractivity contribution in [1.29, 1.82) is 0 Å². The molecule has 6 unspecified atom stereocenters. The molecule has 3 nitrogen and oxygen atoms in total. The smallest absolute Gasteiger partial charge is 0.309 e. The highest BCUT2D eigenvalue weighted by atomic mass is 16.6. The molecule has 1 aliphatic heterocycles. The van der Waals surface area contributed by atoms with Crippen LogP contribution in [0.5, 0.6) is 0 Å². The second kappa shape index (κ2) is 3.94. The number of Topliss-reactive ketones (excluding diaryl/α,β-unsaturated/α-hetero) is 1. The summed E-state index contributed by atoms with van der Waals surface area (Å²) in [6, 6.07) is 0. The Labute approximate surface area is 108 Å². The number of carbonyl (C=O) groups excluding carboxylic acids is 2. The van der Waals surface area contributed by atoms with Crippen molar-refractivity contribution in [1.82, 2.24) is 0 Å². The molecule has 0 spiro atoms. The zero-order chi connectivity index (χ0) is 13.0. The van der Waals surface area contributed by atoms with E-state index in [0.29, 0.717) is 12.2 Å². The Balaban J connectivity index is 1.98. The number of hydrogen-bond acceptors (Lipinski definition) is 3. The van der Waals surface area contributed by atoms with Crippen molar-refractivity contribution in [2.75, 3.05) is 0 Å². The monoisotopic (exact) mass is 248 g/mol. The first-order chi connectivity index (χ1) is 8.50. The van der Waals surface area contributed by atoms with Gasteiger partial charge in [-0.15, -0.1) is 0 Å². The third-order valence-corrected chi connectivity index (χ3v) is 5.36. The summed E-state index contributed by atoms with van der Waals surface area (Å²) in [7, 11) is 0. The van der Waals surface area contributed by atoms with Crippen LogP contribution in [0.15, 0.2) is 12.2 Å². The van der Waals surface area contributed by atoms with Crippen molar-refractivity contribution >= 4 is 11.8 Å². The maximum absolute atomic E-state index is 12.0. The van der Waals surface area contributed by atoms with Crippen LogP contribution in [-0.4, -0.2) is 17.9 Å². The van der Waals surface area contributed by atoms with Crippen molar-refractivity contribution in [3.63, 3.8) is 0 Å². The average molecular weight is 248 g/mol. The quantitative estimate of drug-likeness (QED) is 0.488. The predicted molar refractivity (Wildman–Crippen MR) is 66.7 cm³/mol. The summed E-state index contributed by atoms with van der Waals surface area (Å²) >= 11 is 0. The summed E-state index contributed by atoms with van der Waals surface area (Å²) in [5, 5.41) is 0. The third kappa shape index (κ3) is 1.49. The van der Waals surface area contributed by atoms with E-state index >= 15 is 0 Å². The highest BCUT2D eigenvalue weighted by Gasteiger charge is 2.55. The lowest BCUT2D eigenvalue weighted by Gasteiger charge is -2.28. The van der Waals surface area contributed by atoms with Gasteiger partial charge in [0, 0.05) is 24.2 Å². The van der Waals surface area contributed by atoms with Crippen molar-refractivity contribution in [3.05, 3.63) is 12.2 Å². The second-order valence-corrected chi connectivity index (χ2v) is 6.19. The van der Waals surface area contributed by atoms with Gasteiger partial charge in [0.2, 0.25) is 0 Å². The summed E-state index contributed by atoms with van der Waals surface area (Å²) in [6.45, 7) is 8.11. The summed E-state index contributed by atoms with van der Waals surface area (Å²) in [6.07, 6.45) is 2.45. The van der Waals surface area contributed by atoms with Gasteiger partial charge in [-0.1, -0.05) is 26.0 Å². The van der Waals surface area contributed by atoms with E-state index in [1.807, 2.05) is 13.8 Å². The van der Waals surface area contributed by atoms with Gasteiger partial charge in [-0.2, -0.15) is 0 Å². The van der Waals surface area contributed by atoms with Crippen LogP contribution in [0.3, 0.4) is 0 Å². The van der Waals surface area contributed by atoms with Crippen LogP contribution in [0.2, 0.25) is 0 Å². The van der Waals surface area contributed by atoms with Gasteiger partial charge in [0.1, 0.15) is 11.9 Å². The van der Waals surface area contributed by atoms with Gasteiger partial charge < -0.3 is 4.74 Å².